The van der Waals surface area contributed by atoms with Crippen LogP contribution < -0.4 is 0 Å². The van der Waals surface area contributed by atoms with Gasteiger partial charge in [-0.2, -0.15) is 0 Å². The van der Waals surface area contributed by atoms with Gasteiger partial charge in [-0.05, 0) is 24.3 Å². The van der Waals surface area contributed by atoms with Crippen molar-refractivity contribution < 1.29 is 0 Å². The smallest absolute Gasteiger partial charge is 0.141 e. The van der Waals surface area contributed by atoms with Crippen molar-refractivity contribution in [3.63, 3.8) is 0 Å². The van der Waals surface area contributed by atoms with E-state index in [0.29, 0.717) is 0 Å². The molecule has 7 aromatic rings. The Labute approximate surface area is 182 Å². The number of hydrogen-bond acceptors (Lipinski definition) is 4. The van der Waals surface area contributed by atoms with Gasteiger partial charge < -0.3 is 0 Å². The monoisotopic (exact) mass is 412 g/mol. The Kier molecular flexibility index (Phi) is 3.46. The topological polar surface area (TPSA) is 61.4 Å². The molecule has 3 aromatic carbocycles. The third kappa shape index (κ3) is 2.23. The summed E-state index contributed by atoms with van der Waals surface area (Å²) < 4.78 is 4.45. The van der Waals surface area contributed by atoms with Gasteiger partial charge in [-0.3, -0.25) is 9.13 Å². The second kappa shape index (κ2) is 6.46. The third-order valence-corrected chi connectivity index (χ3v) is 6.06. The number of aromatic nitrogens is 6. The molecular weight excluding hydrogens is 396 g/mol. The van der Waals surface area contributed by atoms with Crippen LogP contribution in [-0.4, -0.2) is 29.1 Å². The molecule has 0 radical (unpaired) electrons. The van der Waals surface area contributed by atoms with Gasteiger partial charge in [0.25, 0.3) is 0 Å². The number of fused-ring (bicyclic) bond motifs is 7. The predicted molar refractivity (Wildman–Crippen MR) is 126 cm³/mol. The van der Waals surface area contributed by atoms with Crippen LogP contribution >= 0.6 is 0 Å². The molecule has 0 aliphatic heterocycles. The molecule has 0 unspecified atom stereocenters. The predicted octanol–water partition coefficient (Wildman–Crippen LogP) is 5.46. The lowest BCUT2D eigenvalue weighted by Crippen LogP contribution is -2.01. The maximum absolute atomic E-state index is 4.60. The summed E-state index contributed by atoms with van der Waals surface area (Å²) in [6.07, 6.45) is 6.75. The van der Waals surface area contributed by atoms with E-state index in [0.717, 1.165) is 33.7 Å². The second-order valence-electron chi connectivity index (χ2n) is 7.70. The fraction of sp³-hybridized carbons (Fsp3) is 0. The Bertz CT molecular complexity index is 1630. The first-order valence-corrected chi connectivity index (χ1v) is 10.4. The van der Waals surface area contributed by atoms with Crippen LogP contribution in [0.5, 0.6) is 0 Å². The molecule has 0 N–H and O–H groups in total. The fourth-order valence-electron chi connectivity index (χ4n) is 4.81. The van der Waals surface area contributed by atoms with Crippen molar-refractivity contribution in [1.29, 1.82) is 0 Å². The van der Waals surface area contributed by atoms with Crippen LogP contribution in [0.1, 0.15) is 0 Å². The Morgan fingerprint density at radius 2 is 0.938 bits per heavy atom. The average Bonchev–Trinajstić information content (AvgIpc) is 3.38. The summed E-state index contributed by atoms with van der Waals surface area (Å²) in [5, 5.41) is 4.71. The van der Waals surface area contributed by atoms with E-state index in [1.54, 1.807) is 25.0 Å². The maximum Gasteiger partial charge on any atom is 0.141 e. The minimum Gasteiger partial charge on any atom is -0.292 e. The second-order valence-corrected chi connectivity index (χ2v) is 7.70. The first-order valence-electron chi connectivity index (χ1n) is 10.4. The van der Waals surface area contributed by atoms with Crippen LogP contribution in [0.25, 0.3) is 55.2 Å². The van der Waals surface area contributed by atoms with E-state index in [-0.39, 0.29) is 0 Å². The molecule has 150 valence electrons. The minimum atomic E-state index is 0.832. The minimum absolute atomic E-state index is 0.832. The SMILES string of the molecule is c1ccc2c(c1)c1ccc3c4ccccc4n(-c4ccncn4)c3c1n2-c1ccncn1. The molecule has 0 fully saturated rings. The number of benzene rings is 3. The molecule has 32 heavy (non-hydrogen) atoms. The highest BCUT2D eigenvalue weighted by Gasteiger charge is 2.21. The summed E-state index contributed by atoms with van der Waals surface area (Å²) >= 11 is 0. The van der Waals surface area contributed by atoms with Gasteiger partial charge in [-0.1, -0.05) is 48.5 Å². The lowest BCUT2D eigenvalue weighted by molar-refractivity contribution is 1.02. The molecule has 0 aliphatic carbocycles. The zero-order valence-electron chi connectivity index (χ0n) is 16.9. The van der Waals surface area contributed by atoms with E-state index in [1.807, 2.05) is 12.1 Å². The van der Waals surface area contributed by atoms with Gasteiger partial charge in [0, 0.05) is 33.9 Å². The van der Waals surface area contributed by atoms with E-state index in [9.17, 15) is 0 Å². The van der Waals surface area contributed by atoms with Crippen LogP contribution in [0, 0.1) is 0 Å². The fourth-order valence-corrected chi connectivity index (χ4v) is 4.81. The zero-order chi connectivity index (χ0) is 21.1. The standard InChI is InChI=1S/C26H16N6/c1-3-7-21-17(5-1)19-9-10-20-18-6-2-4-8-22(18)32(24-12-14-28-16-30-24)26(20)25(19)31(21)23-11-13-27-15-29-23/h1-16H. The highest BCUT2D eigenvalue weighted by molar-refractivity contribution is 6.23. The number of para-hydroxylation sites is 2. The Hall–Kier alpha value is -4.58. The molecule has 4 aromatic heterocycles. The van der Waals surface area contributed by atoms with Crippen LogP contribution in [0.2, 0.25) is 0 Å². The van der Waals surface area contributed by atoms with Crippen molar-refractivity contribution in [3.8, 4) is 11.6 Å². The van der Waals surface area contributed by atoms with Crippen LogP contribution in [-0.2, 0) is 0 Å². The van der Waals surface area contributed by atoms with Crippen molar-refractivity contribution in [2.45, 2.75) is 0 Å². The lowest BCUT2D eigenvalue weighted by atomic mass is 10.1. The van der Waals surface area contributed by atoms with Gasteiger partial charge in [-0.15, -0.1) is 0 Å². The van der Waals surface area contributed by atoms with Crippen LogP contribution in [0.4, 0.5) is 0 Å². The molecule has 0 saturated heterocycles. The Balaban J connectivity index is 1.81. The van der Waals surface area contributed by atoms with E-state index < -0.39 is 0 Å². The zero-order valence-corrected chi connectivity index (χ0v) is 16.9. The molecule has 6 heteroatoms. The van der Waals surface area contributed by atoms with Crippen molar-refractivity contribution in [3.05, 3.63) is 97.8 Å². The molecule has 0 amide bonds. The molecule has 7 rings (SSSR count). The van der Waals surface area contributed by atoms with E-state index in [2.05, 4.69) is 89.7 Å². The summed E-state index contributed by atoms with van der Waals surface area (Å²) in [5.74, 6) is 1.66. The summed E-state index contributed by atoms with van der Waals surface area (Å²) in [7, 11) is 0. The number of hydrogen-bond donors (Lipinski definition) is 0. The maximum atomic E-state index is 4.60. The van der Waals surface area contributed by atoms with Gasteiger partial charge in [0.2, 0.25) is 0 Å². The van der Waals surface area contributed by atoms with Gasteiger partial charge in [-0.25, -0.2) is 19.9 Å². The van der Waals surface area contributed by atoms with Crippen molar-refractivity contribution >= 4 is 43.6 Å². The highest BCUT2D eigenvalue weighted by atomic mass is 15.1. The molecule has 6 nitrogen and oxygen atoms in total. The van der Waals surface area contributed by atoms with Crippen molar-refractivity contribution in [1.82, 2.24) is 29.1 Å². The molecule has 4 heterocycles. The molecule has 0 spiro atoms. The van der Waals surface area contributed by atoms with E-state index in [4.69, 9.17) is 0 Å². The largest absolute Gasteiger partial charge is 0.292 e. The lowest BCUT2D eigenvalue weighted by Gasteiger charge is -2.10. The quantitative estimate of drug-likeness (QED) is 0.378. The van der Waals surface area contributed by atoms with Crippen molar-refractivity contribution in [2.24, 2.45) is 0 Å². The average molecular weight is 412 g/mol. The number of rotatable bonds is 2. The molecule has 0 aliphatic rings. The summed E-state index contributed by atoms with van der Waals surface area (Å²) in [6.45, 7) is 0. The van der Waals surface area contributed by atoms with Crippen LogP contribution in [0.3, 0.4) is 0 Å². The molecule has 0 atom stereocenters. The molecule has 0 saturated carbocycles. The summed E-state index contributed by atoms with van der Waals surface area (Å²) in [5.41, 5.74) is 4.40. The normalized spacial score (nSPS) is 11.8. The van der Waals surface area contributed by atoms with E-state index in [1.165, 1.54) is 21.5 Å². The van der Waals surface area contributed by atoms with Gasteiger partial charge >= 0.3 is 0 Å². The van der Waals surface area contributed by atoms with Gasteiger partial charge in [0.15, 0.2) is 0 Å². The third-order valence-electron chi connectivity index (χ3n) is 6.06. The highest BCUT2D eigenvalue weighted by Crippen LogP contribution is 2.40. The first kappa shape index (κ1) is 17.1. The first-order chi connectivity index (χ1) is 15.9. The van der Waals surface area contributed by atoms with Crippen molar-refractivity contribution in [2.75, 3.05) is 0 Å². The molecule has 0 bridgehead atoms. The Morgan fingerprint density at radius 1 is 0.469 bits per heavy atom. The number of nitrogens with zero attached hydrogens (tertiary/aromatic N) is 6. The summed E-state index contributed by atoms with van der Waals surface area (Å²) in [4.78, 5) is 17.5. The molecular formula is C26H16N6. The van der Waals surface area contributed by atoms with Crippen LogP contribution in [0.15, 0.2) is 97.8 Å². The van der Waals surface area contributed by atoms with E-state index >= 15 is 0 Å². The summed E-state index contributed by atoms with van der Waals surface area (Å²) in [6, 6.07) is 25.2. The Morgan fingerprint density at radius 3 is 1.38 bits per heavy atom. The van der Waals surface area contributed by atoms with Gasteiger partial charge in [0.1, 0.15) is 24.3 Å². The van der Waals surface area contributed by atoms with Gasteiger partial charge in [0.05, 0.1) is 22.1 Å².